The van der Waals surface area contributed by atoms with Crippen LogP contribution in [0.5, 0.6) is 0 Å². The Morgan fingerprint density at radius 2 is 1.46 bits per heavy atom. The molecule has 406 valence electrons. The number of aliphatic carboxylic acids is 1. The molecule has 22 heteroatoms. The van der Waals surface area contributed by atoms with E-state index in [9.17, 15) is 64.8 Å². The van der Waals surface area contributed by atoms with E-state index in [1.54, 1.807) is 70.8 Å². The Morgan fingerprint density at radius 3 is 1.97 bits per heavy atom. The number of aliphatic hydroxyl groups excluding tert-OH is 8. The van der Waals surface area contributed by atoms with E-state index in [0.717, 1.165) is 5.56 Å². The van der Waals surface area contributed by atoms with Gasteiger partial charge in [0.05, 0.1) is 55.4 Å². The Labute approximate surface area is 417 Å². The van der Waals surface area contributed by atoms with E-state index in [1.165, 1.54) is 31.1 Å². The first-order chi connectivity index (χ1) is 33.3. The molecule has 2 rings (SSSR count). The predicted octanol–water partition coefficient (Wildman–Crippen LogP) is -0.0855. The molecule has 0 saturated carbocycles. The molecule has 1 heterocycles. The van der Waals surface area contributed by atoms with Gasteiger partial charge < -0.3 is 80.6 Å². The quantitative estimate of drug-likeness (QED) is 0.0342. The third-order valence-electron chi connectivity index (χ3n) is 13.5. The second-order valence-electron chi connectivity index (χ2n) is 19.3. The lowest BCUT2D eigenvalue weighted by atomic mass is 9.89. The summed E-state index contributed by atoms with van der Waals surface area (Å²) in [6, 6.07) is 4.41. The van der Waals surface area contributed by atoms with E-state index in [1.807, 2.05) is 19.9 Å². The van der Waals surface area contributed by atoms with Crippen LogP contribution in [0.2, 0.25) is 0 Å². The Morgan fingerprint density at radius 1 is 0.845 bits per heavy atom. The van der Waals surface area contributed by atoms with Gasteiger partial charge in [-0.05, 0) is 43.2 Å². The van der Waals surface area contributed by atoms with Crippen molar-refractivity contribution in [3.05, 3.63) is 47.4 Å². The van der Waals surface area contributed by atoms with Gasteiger partial charge in [0.15, 0.2) is 11.5 Å². The molecule has 4 amide bonds. The van der Waals surface area contributed by atoms with Gasteiger partial charge in [0.25, 0.3) is 0 Å². The number of likely N-dealkylation sites (N-methyl/N-ethyl adjacent to an activating group) is 2. The fraction of sp³-hybridized carbons (Fsp3) is 0.735. The Balaban J connectivity index is 2.31. The number of likely N-dealkylation sites (tertiary alicyclic amines) is 1. The highest BCUT2D eigenvalue weighted by molar-refractivity contribution is 5.90. The molecule has 1 aliphatic rings. The first-order valence-corrected chi connectivity index (χ1v) is 24.2. The molecule has 22 nitrogen and oxygen atoms in total. The van der Waals surface area contributed by atoms with E-state index in [-0.39, 0.29) is 24.7 Å². The molecule has 0 aliphatic carbocycles. The van der Waals surface area contributed by atoms with Crippen LogP contribution in [0.4, 0.5) is 0 Å². The van der Waals surface area contributed by atoms with Crippen molar-refractivity contribution in [1.29, 1.82) is 0 Å². The average Bonchev–Trinajstić information content (AvgIpc) is 3.82. The minimum Gasteiger partial charge on any atom is -0.506 e. The summed E-state index contributed by atoms with van der Waals surface area (Å²) in [5, 5.41) is 96.3. The number of aliphatic hydroxyl groups is 8. The van der Waals surface area contributed by atoms with Crippen molar-refractivity contribution in [3.8, 4) is 0 Å². The van der Waals surface area contributed by atoms with Crippen LogP contribution in [0, 0.1) is 23.7 Å². The maximum absolute atomic E-state index is 14.6. The molecule has 1 fully saturated rings. The second kappa shape index (κ2) is 29.9. The number of carboxylic acid groups (broad SMARTS) is 1. The lowest BCUT2D eigenvalue weighted by molar-refractivity contribution is -0.211. The standard InChI is InChI=1S/C49H83N5O17/c1-12-28(6)40(36(69-10)22-37(60)54-20-16-19-32(54)43(70-11)29(7)45(63)50-31(48(66)67)21-30-17-14-13-15-18-30)53(9)47(65)38(26(2)3)51-46(64)39(27(4)5)52(8)23-33(57)41(61)44(35(59)25-56)71-49(68)42(62)34(58)24-55/h13-15,17-18,26-29,31-33,35-36,38-41,43-44,49,55-59,61-62,68H,12,16,19-25H2,1-11H3,(H,50,63)(H,51,64)(H,66,67)/b42-34+. The number of methoxy groups -OCH3 is 2. The lowest BCUT2D eigenvalue weighted by Crippen LogP contribution is -2.60. The summed E-state index contributed by atoms with van der Waals surface area (Å²) in [7, 11) is 5.95. The molecule has 1 aromatic carbocycles. The van der Waals surface area contributed by atoms with Crippen molar-refractivity contribution in [2.75, 3.05) is 54.6 Å². The number of hydrogen-bond acceptors (Lipinski definition) is 17. The number of nitrogens with one attached hydrogen (secondary N) is 2. The average molecular weight is 1010 g/mol. The minimum atomic E-state index is -2.39. The number of carboxylic acids is 1. The normalized spacial score (nSPS) is 20.1. The van der Waals surface area contributed by atoms with Crippen LogP contribution in [0.1, 0.15) is 79.7 Å². The van der Waals surface area contributed by atoms with Crippen molar-refractivity contribution >= 4 is 29.6 Å². The van der Waals surface area contributed by atoms with Gasteiger partial charge in [-0.3, -0.25) is 24.1 Å². The van der Waals surface area contributed by atoms with Crippen molar-refractivity contribution in [2.24, 2.45) is 23.7 Å². The Bertz CT molecular complexity index is 1860. The van der Waals surface area contributed by atoms with E-state index < -0.39 is 146 Å². The summed E-state index contributed by atoms with van der Waals surface area (Å²) in [5.41, 5.74) is 0.737. The molecule has 1 saturated heterocycles. The Hall–Kier alpha value is -4.49. The SMILES string of the molecule is CCC(C)C(C(CC(=O)N1CCCC1C(OC)C(C)C(=O)NC(Cc1ccccc1)C(=O)O)OC)N(C)C(=O)C(NC(=O)C(C(C)C)N(C)CC(O)C(O)C(OC(O)/C(O)=C(\O)CO)C(O)CO)C(C)C. The fourth-order valence-corrected chi connectivity index (χ4v) is 9.32. The van der Waals surface area contributed by atoms with Crippen LogP contribution in [-0.2, 0) is 44.6 Å². The molecule has 71 heavy (non-hydrogen) atoms. The third-order valence-corrected chi connectivity index (χ3v) is 13.5. The van der Waals surface area contributed by atoms with Crippen LogP contribution in [0.3, 0.4) is 0 Å². The summed E-state index contributed by atoms with van der Waals surface area (Å²) in [4.78, 5) is 73.5. The number of nitrogens with zero attached hydrogens (tertiary/aromatic N) is 3. The van der Waals surface area contributed by atoms with E-state index in [4.69, 9.17) is 19.3 Å². The lowest BCUT2D eigenvalue weighted by Gasteiger charge is -2.41. The fourth-order valence-electron chi connectivity index (χ4n) is 9.32. The van der Waals surface area contributed by atoms with E-state index in [0.29, 0.717) is 25.8 Å². The smallest absolute Gasteiger partial charge is 0.326 e. The van der Waals surface area contributed by atoms with Crippen molar-refractivity contribution < 1.29 is 84.1 Å². The minimum absolute atomic E-state index is 0.0741. The van der Waals surface area contributed by atoms with Crippen LogP contribution < -0.4 is 10.6 Å². The number of rotatable bonds is 31. The summed E-state index contributed by atoms with van der Waals surface area (Å²) in [5.74, 6) is -7.38. The number of carbonyl (C=O) groups excluding carboxylic acids is 4. The molecular weight excluding hydrogens is 931 g/mol. The van der Waals surface area contributed by atoms with Gasteiger partial charge >= 0.3 is 5.97 Å². The van der Waals surface area contributed by atoms with Gasteiger partial charge in [-0.15, -0.1) is 0 Å². The van der Waals surface area contributed by atoms with Crippen LogP contribution in [-0.4, -0.2) is 218 Å². The zero-order valence-corrected chi connectivity index (χ0v) is 43.1. The molecule has 11 N–H and O–H groups in total. The van der Waals surface area contributed by atoms with Gasteiger partial charge in [-0.2, -0.15) is 0 Å². The highest BCUT2D eigenvalue weighted by Gasteiger charge is 2.44. The molecule has 0 aromatic heterocycles. The number of amides is 4. The number of hydrogen-bond donors (Lipinski definition) is 11. The third kappa shape index (κ3) is 17.3. The summed E-state index contributed by atoms with van der Waals surface area (Å²) in [6.45, 7) is 10.2. The maximum atomic E-state index is 14.6. The van der Waals surface area contributed by atoms with Crippen LogP contribution in [0.15, 0.2) is 41.9 Å². The van der Waals surface area contributed by atoms with Gasteiger partial charge in [0.1, 0.15) is 37.0 Å². The van der Waals surface area contributed by atoms with Gasteiger partial charge in [-0.25, -0.2) is 4.79 Å². The molecule has 14 atom stereocenters. The van der Waals surface area contributed by atoms with Crippen LogP contribution in [0.25, 0.3) is 0 Å². The summed E-state index contributed by atoms with van der Waals surface area (Å²) in [6.07, 6.45) is -10.1. The molecule has 0 radical (unpaired) electrons. The van der Waals surface area contributed by atoms with Crippen molar-refractivity contribution in [1.82, 2.24) is 25.3 Å². The summed E-state index contributed by atoms with van der Waals surface area (Å²) < 4.78 is 16.9. The molecule has 0 bridgehead atoms. The van der Waals surface area contributed by atoms with Gasteiger partial charge in [0, 0.05) is 40.8 Å². The number of ether oxygens (including phenoxy) is 3. The molecule has 1 aromatic rings. The molecule has 1 aliphatic heterocycles. The summed E-state index contributed by atoms with van der Waals surface area (Å²) >= 11 is 0. The van der Waals surface area contributed by atoms with E-state index in [2.05, 4.69) is 10.6 Å². The topological polar surface area (TPSA) is 329 Å². The van der Waals surface area contributed by atoms with Gasteiger partial charge in [0.2, 0.25) is 29.9 Å². The predicted molar refractivity (Wildman–Crippen MR) is 259 cm³/mol. The number of carbonyl (C=O) groups is 5. The Kier molecular flexibility index (Phi) is 26.4. The molecule has 0 spiro atoms. The first kappa shape index (κ1) is 62.6. The molecule has 14 unspecified atom stereocenters. The first-order valence-electron chi connectivity index (χ1n) is 24.2. The monoisotopic (exact) mass is 1010 g/mol. The highest BCUT2D eigenvalue weighted by atomic mass is 16.6. The van der Waals surface area contributed by atoms with Crippen molar-refractivity contribution in [2.45, 2.75) is 154 Å². The molecular formula is C49H83N5O17. The van der Waals surface area contributed by atoms with Crippen molar-refractivity contribution in [3.63, 3.8) is 0 Å². The second-order valence-corrected chi connectivity index (χ2v) is 19.3. The zero-order chi connectivity index (χ0) is 54.0. The highest BCUT2D eigenvalue weighted by Crippen LogP contribution is 2.30. The van der Waals surface area contributed by atoms with Gasteiger partial charge in [-0.1, -0.05) is 85.2 Å². The van der Waals surface area contributed by atoms with E-state index >= 15 is 0 Å². The van der Waals surface area contributed by atoms with Crippen LogP contribution >= 0.6 is 0 Å². The maximum Gasteiger partial charge on any atom is 0.326 e. The number of benzene rings is 1. The largest absolute Gasteiger partial charge is 0.506 e. The zero-order valence-electron chi connectivity index (χ0n) is 43.1.